The molecule has 2 fully saturated rings. The largest absolute Gasteiger partial charge is 0.573 e. The number of piperidine rings is 2. The molecule has 0 saturated carbocycles. The normalized spacial score (nSPS) is 17.8. The summed E-state index contributed by atoms with van der Waals surface area (Å²) in [6, 6.07) is 20.9. The van der Waals surface area contributed by atoms with Gasteiger partial charge in [-0.05, 0) is 148 Å². The Kier molecular flexibility index (Phi) is 14.6. The second-order valence-electron chi connectivity index (χ2n) is 14.0. The maximum absolute atomic E-state index is 12.6. The summed E-state index contributed by atoms with van der Waals surface area (Å²) >= 11 is 6.41. The van der Waals surface area contributed by atoms with E-state index in [0.29, 0.717) is 5.41 Å². The van der Waals surface area contributed by atoms with Gasteiger partial charge in [0.05, 0.1) is 0 Å². The number of aryl methyl sites for hydroxylation is 1. The Bertz CT molecular complexity index is 1480. The molecule has 0 aliphatic carbocycles. The van der Waals surface area contributed by atoms with Crippen molar-refractivity contribution in [1.82, 2.24) is 9.80 Å². The molecular formula is C41H55ClF3N3O. The van der Waals surface area contributed by atoms with Crippen LogP contribution in [0.2, 0.25) is 5.02 Å². The molecule has 8 heteroatoms. The summed E-state index contributed by atoms with van der Waals surface area (Å²) < 4.78 is 41.9. The Hall–Kier alpha value is -2.84. The molecule has 0 aromatic heterocycles. The predicted molar refractivity (Wildman–Crippen MR) is 198 cm³/mol. The number of likely N-dealkylation sites (tertiary alicyclic amines) is 2. The topological polar surface area (TPSA) is 41.7 Å². The first-order valence-corrected chi connectivity index (χ1v) is 18.3. The average Bonchev–Trinajstić information content (AvgIpc) is 3.08. The van der Waals surface area contributed by atoms with Crippen LogP contribution in [0.5, 0.6) is 5.75 Å². The van der Waals surface area contributed by atoms with E-state index in [9.17, 15) is 13.2 Å². The fourth-order valence-corrected chi connectivity index (χ4v) is 7.40. The number of nitrogens with two attached hydrogens (primary N) is 1. The van der Waals surface area contributed by atoms with E-state index in [4.69, 9.17) is 17.3 Å². The van der Waals surface area contributed by atoms with Gasteiger partial charge in [0, 0.05) is 24.7 Å². The minimum atomic E-state index is -4.70. The number of alkyl halides is 3. The van der Waals surface area contributed by atoms with Gasteiger partial charge in [-0.15, -0.1) is 13.2 Å². The summed E-state index contributed by atoms with van der Waals surface area (Å²) in [6.45, 7) is 15.6. The summed E-state index contributed by atoms with van der Waals surface area (Å²) in [6.07, 6.45) is 6.04. The molecule has 3 aromatic rings. The summed E-state index contributed by atoms with van der Waals surface area (Å²) in [5.74, 6) is 0.662. The third kappa shape index (κ3) is 11.9. The van der Waals surface area contributed by atoms with Gasteiger partial charge >= 0.3 is 6.36 Å². The van der Waals surface area contributed by atoms with Gasteiger partial charge in [-0.25, -0.2) is 0 Å². The van der Waals surface area contributed by atoms with Crippen molar-refractivity contribution in [2.24, 2.45) is 17.1 Å². The fraction of sp³-hybridized carbons (Fsp3) is 0.512. The zero-order chi connectivity index (χ0) is 35.4. The number of nitrogens with zero attached hydrogens (tertiary/aromatic N) is 2. The Balaban J connectivity index is 0.000000603. The van der Waals surface area contributed by atoms with E-state index in [1.54, 1.807) is 12.1 Å². The highest BCUT2D eigenvalue weighted by atomic mass is 35.5. The van der Waals surface area contributed by atoms with Crippen molar-refractivity contribution in [3.63, 3.8) is 0 Å². The monoisotopic (exact) mass is 697 g/mol. The lowest BCUT2D eigenvalue weighted by atomic mass is 9.72. The van der Waals surface area contributed by atoms with Crippen molar-refractivity contribution < 1.29 is 17.9 Å². The van der Waals surface area contributed by atoms with Crippen LogP contribution in [0, 0.1) is 18.3 Å². The van der Waals surface area contributed by atoms with Gasteiger partial charge in [-0.3, -0.25) is 9.80 Å². The lowest BCUT2D eigenvalue weighted by Crippen LogP contribution is -2.49. The highest BCUT2D eigenvalue weighted by Gasteiger charge is 2.38. The first-order chi connectivity index (χ1) is 23.4. The van der Waals surface area contributed by atoms with Crippen LogP contribution in [0.4, 0.5) is 13.2 Å². The minimum absolute atomic E-state index is 0.212. The summed E-state index contributed by atoms with van der Waals surface area (Å²) in [7, 11) is 0. The van der Waals surface area contributed by atoms with Gasteiger partial charge in [0.25, 0.3) is 0 Å². The molecule has 2 aliphatic rings. The van der Waals surface area contributed by atoms with Crippen LogP contribution in [-0.4, -0.2) is 48.9 Å². The molecule has 268 valence electrons. The highest BCUT2D eigenvalue weighted by Crippen LogP contribution is 2.41. The number of hydrogen-bond donors (Lipinski definition) is 1. The maximum Gasteiger partial charge on any atom is 0.573 e. The summed E-state index contributed by atoms with van der Waals surface area (Å²) in [5, 5.41) is 0.850. The van der Waals surface area contributed by atoms with E-state index in [1.807, 2.05) is 25.1 Å². The molecule has 1 spiro atoms. The van der Waals surface area contributed by atoms with Crippen LogP contribution in [0.3, 0.4) is 0 Å². The minimum Gasteiger partial charge on any atom is -0.406 e. The molecule has 4 nitrogen and oxygen atoms in total. The number of ether oxygens (including phenoxy) is 1. The Morgan fingerprint density at radius 2 is 1.69 bits per heavy atom. The van der Waals surface area contributed by atoms with Crippen molar-refractivity contribution in [3.05, 3.63) is 106 Å². The second-order valence-corrected chi connectivity index (χ2v) is 14.5. The standard InChI is InChI=1S/C34H38ClF3N2O.C7H17N/c1-3-30(27-11-13-29(14-12-27)41-34(36,37)38)31-21-26(10-9-25(31)2)22-40-18-6-15-33(24-40)16-19-39(20-17-33)23-28-7-4-5-8-32(28)35;1-3-7(2)5-4-6-8/h3-5,7-14,21H,6,15-20,22-24H2,1-2H3;7H,3-6,8H2,1-2H3/b30-3-;. The predicted octanol–water partition coefficient (Wildman–Crippen LogP) is 10.6. The fourth-order valence-electron chi connectivity index (χ4n) is 7.21. The van der Waals surface area contributed by atoms with E-state index in [0.717, 1.165) is 79.0 Å². The first kappa shape index (κ1) is 39.0. The van der Waals surface area contributed by atoms with Gasteiger partial charge in [0.2, 0.25) is 0 Å². The van der Waals surface area contributed by atoms with E-state index >= 15 is 0 Å². The van der Waals surface area contributed by atoms with E-state index < -0.39 is 6.36 Å². The van der Waals surface area contributed by atoms with E-state index in [2.05, 4.69) is 65.6 Å². The molecule has 2 saturated heterocycles. The molecule has 2 aliphatic heterocycles. The molecule has 1 atom stereocenters. The smallest absolute Gasteiger partial charge is 0.406 e. The highest BCUT2D eigenvalue weighted by molar-refractivity contribution is 6.31. The Labute approximate surface area is 297 Å². The molecule has 2 N–H and O–H groups in total. The molecule has 3 aromatic carbocycles. The average molecular weight is 698 g/mol. The van der Waals surface area contributed by atoms with Gasteiger partial charge in [0.15, 0.2) is 0 Å². The van der Waals surface area contributed by atoms with Crippen LogP contribution in [-0.2, 0) is 13.1 Å². The summed E-state index contributed by atoms with van der Waals surface area (Å²) in [4.78, 5) is 5.15. The number of allylic oxidation sites excluding steroid dienone is 1. The lowest BCUT2D eigenvalue weighted by molar-refractivity contribution is -0.274. The molecule has 0 bridgehead atoms. The molecule has 2 heterocycles. The van der Waals surface area contributed by atoms with Crippen LogP contribution >= 0.6 is 11.6 Å². The Morgan fingerprint density at radius 3 is 2.33 bits per heavy atom. The van der Waals surface area contributed by atoms with Crippen LogP contribution in [0.1, 0.15) is 93.5 Å². The molecule has 1 unspecified atom stereocenters. The number of benzene rings is 3. The number of hydrogen-bond acceptors (Lipinski definition) is 4. The Morgan fingerprint density at radius 1 is 0.980 bits per heavy atom. The molecular weight excluding hydrogens is 643 g/mol. The van der Waals surface area contributed by atoms with E-state index in [-0.39, 0.29) is 5.75 Å². The van der Waals surface area contributed by atoms with Crippen molar-refractivity contribution >= 4 is 17.2 Å². The van der Waals surface area contributed by atoms with Gasteiger partial charge in [0.1, 0.15) is 5.75 Å². The third-order valence-electron chi connectivity index (χ3n) is 10.3. The second kappa shape index (κ2) is 18.4. The molecule has 49 heavy (non-hydrogen) atoms. The zero-order valence-corrected chi connectivity index (χ0v) is 30.6. The lowest BCUT2D eigenvalue weighted by Gasteiger charge is -2.48. The zero-order valence-electron chi connectivity index (χ0n) is 29.8. The SMILES string of the molecule is C/C=C(/c1ccc(OC(F)(F)F)cc1)c1cc(CN2CCCC3(CCN(Cc4ccccc4Cl)CC3)C2)ccc1C.CCC(C)CCCN. The third-order valence-corrected chi connectivity index (χ3v) is 10.7. The first-order valence-electron chi connectivity index (χ1n) is 17.9. The summed E-state index contributed by atoms with van der Waals surface area (Å²) in [5.41, 5.74) is 12.3. The molecule has 5 rings (SSSR count). The molecule has 0 radical (unpaired) electrons. The van der Waals surface area contributed by atoms with Crippen molar-refractivity contribution in [1.29, 1.82) is 0 Å². The number of rotatable bonds is 11. The van der Waals surface area contributed by atoms with Gasteiger partial charge < -0.3 is 10.5 Å². The van der Waals surface area contributed by atoms with Crippen LogP contribution in [0.25, 0.3) is 5.57 Å². The van der Waals surface area contributed by atoms with E-state index in [1.165, 1.54) is 68.2 Å². The van der Waals surface area contributed by atoms with Crippen LogP contribution < -0.4 is 10.5 Å². The quantitative estimate of drug-likeness (QED) is 0.217. The van der Waals surface area contributed by atoms with Crippen molar-refractivity contribution in [3.8, 4) is 5.75 Å². The van der Waals surface area contributed by atoms with Crippen molar-refractivity contribution in [2.75, 3.05) is 32.7 Å². The van der Waals surface area contributed by atoms with Crippen LogP contribution in [0.15, 0.2) is 72.8 Å². The maximum atomic E-state index is 12.6. The van der Waals surface area contributed by atoms with Gasteiger partial charge in [-0.2, -0.15) is 0 Å². The van der Waals surface area contributed by atoms with Gasteiger partial charge in [-0.1, -0.05) is 80.4 Å². The van der Waals surface area contributed by atoms with Crippen molar-refractivity contribution in [2.45, 2.75) is 92.1 Å². The molecule has 0 amide bonds. The number of halogens is 4.